The fourth-order valence-corrected chi connectivity index (χ4v) is 5.41. The highest BCUT2D eigenvalue weighted by Crippen LogP contribution is 2.39. The first-order valence-corrected chi connectivity index (χ1v) is 11.6. The quantitative estimate of drug-likeness (QED) is 0.764. The van der Waals surface area contributed by atoms with Crippen molar-refractivity contribution in [2.45, 2.75) is 44.2 Å². The first-order chi connectivity index (χ1) is 15.3. The lowest BCUT2D eigenvalue weighted by molar-refractivity contribution is -0.133. The zero-order chi connectivity index (χ0) is 20.8. The number of anilines is 1. The summed E-state index contributed by atoms with van der Waals surface area (Å²) in [6.07, 6.45) is 11.5. The van der Waals surface area contributed by atoms with Gasteiger partial charge >= 0.3 is 0 Å². The number of pyridine rings is 1. The highest BCUT2D eigenvalue weighted by atomic mass is 16.2. The van der Waals surface area contributed by atoms with E-state index in [-0.39, 0.29) is 0 Å². The zero-order valence-corrected chi connectivity index (χ0v) is 17.8. The number of nitrogens with zero attached hydrogens (tertiary/aromatic N) is 4. The van der Waals surface area contributed by atoms with Crippen molar-refractivity contribution in [1.29, 1.82) is 0 Å². The van der Waals surface area contributed by atoms with Gasteiger partial charge in [0.05, 0.1) is 11.8 Å². The lowest BCUT2D eigenvalue weighted by Gasteiger charge is -2.36. The largest absolute Gasteiger partial charge is 0.365 e. The van der Waals surface area contributed by atoms with Crippen LogP contribution in [-0.4, -0.2) is 53.2 Å². The lowest BCUT2D eigenvalue weighted by atomic mass is 9.95. The van der Waals surface area contributed by atoms with Crippen molar-refractivity contribution in [2.24, 2.45) is 10.9 Å². The summed E-state index contributed by atoms with van der Waals surface area (Å²) in [7, 11) is 0. The molecule has 158 valence electrons. The second kappa shape index (κ2) is 7.63. The van der Waals surface area contributed by atoms with E-state index in [1.54, 1.807) is 0 Å². The number of piperazine rings is 1. The maximum Gasteiger partial charge on any atom is 0.226 e. The summed E-state index contributed by atoms with van der Waals surface area (Å²) in [5.41, 5.74) is 5.97. The summed E-state index contributed by atoms with van der Waals surface area (Å²) in [4.78, 5) is 26.3. The molecule has 1 aromatic carbocycles. The van der Waals surface area contributed by atoms with Crippen LogP contribution >= 0.6 is 0 Å². The minimum atomic E-state index is 0.328. The van der Waals surface area contributed by atoms with Gasteiger partial charge in [-0.15, -0.1) is 0 Å². The van der Waals surface area contributed by atoms with Crippen LogP contribution in [0, 0.1) is 5.92 Å². The predicted molar refractivity (Wildman–Crippen MR) is 123 cm³/mol. The van der Waals surface area contributed by atoms with Gasteiger partial charge in [-0.2, -0.15) is 0 Å². The van der Waals surface area contributed by atoms with E-state index in [4.69, 9.17) is 4.99 Å². The van der Waals surface area contributed by atoms with E-state index < -0.39 is 0 Å². The summed E-state index contributed by atoms with van der Waals surface area (Å²) in [6.45, 7) is 2.74. The molecular weight excluding hydrogens is 384 g/mol. The van der Waals surface area contributed by atoms with Gasteiger partial charge in [-0.3, -0.25) is 14.8 Å². The number of amides is 1. The Morgan fingerprint density at radius 2 is 2.03 bits per heavy atom. The molecule has 2 atom stereocenters. The number of hydrogen-bond acceptors (Lipinski definition) is 4. The average molecular weight is 413 g/mol. The van der Waals surface area contributed by atoms with Gasteiger partial charge in [0.15, 0.2) is 0 Å². The Labute approximate surface area is 183 Å². The van der Waals surface area contributed by atoms with Crippen LogP contribution < -0.4 is 4.90 Å². The molecule has 3 aliphatic heterocycles. The van der Waals surface area contributed by atoms with E-state index in [0.717, 1.165) is 63.0 Å². The number of carbonyl (C=O) groups excluding carboxylic acids is 1. The normalized spacial score (nSPS) is 26.5. The van der Waals surface area contributed by atoms with Gasteiger partial charge in [0, 0.05) is 55.2 Å². The van der Waals surface area contributed by atoms with Crippen molar-refractivity contribution >= 4 is 23.4 Å². The van der Waals surface area contributed by atoms with E-state index in [0.29, 0.717) is 23.9 Å². The number of fused-ring (bicyclic) bond motifs is 2. The SMILES string of the molecule is O=C(C1CC1)N1C[C@@H]2C[C@H]1CN2c1cccc(/C=C2\CCCN=C2c2cccnc2)c1. The van der Waals surface area contributed by atoms with E-state index in [1.807, 2.05) is 18.5 Å². The molecule has 0 unspecified atom stereocenters. The fraction of sp³-hybridized carbons (Fsp3) is 0.423. The molecular formula is C26H28N4O. The summed E-state index contributed by atoms with van der Waals surface area (Å²) in [5.74, 6) is 0.735. The number of aliphatic imine (C=N–C) groups is 1. The van der Waals surface area contributed by atoms with Gasteiger partial charge in [0.2, 0.25) is 5.91 Å². The molecule has 2 bridgehead atoms. The molecule has 0 radical (unpaired) electrons. The third-order valence-electron chi connectivity index (χ3n) is 7.11. The maximum atomic E-state index is 12.5. The van der Waals surface area contributed by atoms with Gasteiger partial charge in [-0.25, -0.2) is 0 Å². The maximum absolute atomic E-state index is 12.5. The smallest absolute Gasteiger partial charge is 0.226 e. The summed E-state index contributed by atoms with van der Waals surface area (Å²) >= 11 is 0. The van der Waals surface area contributed by atoms with Gasteiger partial charge in [0.25, 0.3) is 0 Å². The molecule has 5 heteroatoms. The second-order valence-corrected chi connectivity index (χ2v) is 9.30. The molecule has 3 fully saturated rings. The average Bonchev–Trinajstić information content (AvgIpc) is 3.47. The van der Waals surface area contributed by atoms with Gasteiger partial charge in [-0.1, -0.05) is 12.1 Å². The van der Waals surface area contributed by atoms with Crippen molar-refractivity contribution in [3.05, 3.63) is 65.5 Å². The minimum absolute atomic E-state index is 0.328. The number of carbonyl (C=O) groups is 1. The molecule has 2 saturated heterocycles. The zero-order valence-electron chi connectivity index (χ0n) is 17.8. The molecule has 4 aliphatic rings. The highest BCUT2D eigenvalue weighted by Gasteiger charge is 2.48. The molecule has 2 aromatic rings. The highest BCUT2D eigenvalue weighted by molar-refractivity contribution is 6.15. The van der Waals surface area contributed by atoms with Crippen LogP contribution in [-0.2, 0) is 4.79 Å². The van der Waals surface area contributed by atoms with Crippen molar-refractivity contribution in [2.75, 3.05) is 24.5 Å². The fourth-order valence-electron chi connectivity index (χ4n) is 5.41. The van der Waals surface area contributed by atoms with Crippen molar-refractivity contribution < 1.29 is 4.79 Å². The third-order valence-corrected chi connectivity index (χ3v) is 7.11. The molecule has 0 spiro atoms. The summed E-state index contributed by atoms with van der Waals surface area (Å²) in [5, 5.41) is 0. The van der Waals surface area contributed by atoms with E-state index in [1.165, 1.54) is 16.8 Å². The minimum Gasteiger partial charge on any atom is -0.365 e. The first-order valence-electron chi connectivity index (χ1n) is 11.6. The van der Waals surface area contributed by atoms with Gasteiger partial charge < -0.3 is 9.80 Å². The van der Waals surface area contributed by atoms with Crippen molar-refractivity contribution in [3.63, 3.8) is 0 Å². The standard InChI is InChI=1S/C26H28N4O/c31-26(19-8-9-19)30-17-23-14-24(30)16-29(23)22-7-1-4-18(13-22)12-20-5-3-11-28-25(20)21-6-2-10-27-15-21/h1-2,4,6-7,10,12-13,15,19,23-24H,3,5,8-9,11,14,16-17H2/b20-12+/t23-,24-/m0/s1. The Bertz CT molecular complexity index is 1060. The number of aromatic nitrogens is 1. The molecule has 0 N–H and O–H groups in total. The van der Waals surface area contributed by atoms with Crippen LogP contribution in [0.1, 0.15) is 43.2 Å². The second-order valence-electron chi connectivity index (χ2n) is 9.30. The topological polar surface area (TPSA) is 48.8 Å². The summed E-state index contributed by atoms with van der Waals surface area (Å²) in [6, 6.07) is 13.8. The molecule has 1 saturated carbocycles. The molecule has 5 nitrogen and oxygen atoms in total. The van der Waals surface area contributed by atoms with Gasteiger partial charge in [0.1, 0.15) is 0 Å². The molecule has 1 aliphatic carbocycles. The molecule has 1 amide bonds. The van der Waals surface area contributed by atoms with Crippen LogP contribution in [0.25, 0.3) is 6.08 Å². The number of likely N-dealkylation sites (tertiary alicyclic amines) is 1. The lowest BCUT2D eigenvalue weighted by Crippen LogP contribution is -2.49. The number of hydrogen-bond donors (Lipinski definition) is 0. The number of benzene rings is 1. The Morgan fingerprint density at radius 3 is 2.81 bits per heavy atom. The summed E-state index contributed by atoms with van der Waals surface area (Å²) < 4.78 is 0. The number of rotatable bonds is 4. The van der Waals surface area contributed by atoms with E-state index in [9.17, 15) is 4.79 Å². The first kappa shape index (κ1) is 18.8. The van der Waals surface area contributed by atoms with Crippen LogP contribution in [0.2, 0.25) is 0 Å². The molecule has 6 rings (SSSR count). The molecule has 31 heavy (non-hydrogen) atoms. The van der Waals surface area contributed by atoms with Crippen LogP contribution in [0.15, 0.2) is 59.4 Å². The van der Waals surface area contributed by atoms with Gasteiger partial charge in [-0.05, 0) is 73.6 Å². The Balaban J connectivity index is 1.23. The number of allylic oxidation sites excluding steroid dienone is 1. The third kappa shape index (κ3) is 3.56. The van der Waals surface area contributed by atoms with Crippen LogP contribution in [0.3, 0.4) is 0 Å². The van der Waals surface area contributed by atoms with Crippen LogP contribution in [0.4, 0.5) is 5.69 Å². The Kier molecular flexibility index (Phi) is 4.62. The molecule has 1 aromatic heterocycles. The van der Waals surface area contributed by atoms with E-state index in [2.05, 4.69) is 51.2 Å². The Hall–Kier alpha value is -2.95. The molecule has 4 heterocycles. The predicted octanol–water partition coefficient (Wildman–Crippen LogP) is 3.95. The Morgan fingerprint density at radius 1 is 1.10 bits per heavy atom. The van der Waals surface area contributed by atoms with Crippen molar-refractivity contribution in [1.82, 2.24) is 9.88 Å². The van der Waals surface area contributed by atoms with Crippen LogP contribution in [0.5, 0.6) is 0 Å². The monoisotopic (exact) mass is 412 g/mol. The van der Waals surface area contributed by atoms with E-state index >= 15 is 0 Å². The van der Waals surface area contributed by atoms with Crippen molar-refractivity contribution in [3.8, 4) is 0 Å².